The second-order valence-electron chi connectivity index (χ2n) is 6.72. The number of nitrogens with zero attached hydrogens (tertiary/aromatic N) is 5. The zero-order chi connectivity index (χ0) is 20.8. The normalized spacial score (nSPS) is 14.4. The third-order valence-electron chi connectivity index (χ3n) is 4.38. The Labute approximate surface area is 170 Å². The van der Waals surface area contributed by atoms with Crippen LogP contribution in [0.2, 0.25) is 0 Å². The van der Waals surface area contributed by atoms with E-state index >= 15 is 0 Å². The summed E-state index contributed by atoms with van der Waals surface area (Å²) in [4.78, 5) is 8.39. The van der Waals surface area contributed by atoms with Gasteiger partial charge in [0, 0.05) is 25.6 Å². The van der Waals surface area contributed by atoms with Crippen molar-refractivity contribution in [3.05, 3.63) is 53.0 Å². The van der Waals surface area contributed by atoms with Gasteiger partial charge in [0.1, 0.15) is 11.5 Å². The standard InChI is InChI=1S/C21H24N6O2/c1-14(28-9-8-22)13-25-21(24-2)17-7-4-15(12-23)10-19(17)29-20-11-18(16-5-6-16)26-27(20)3/h4,7,10-11,13,16H,2,5-6,8-9,22H2,1,3H3/b14-13+,25-21?. The average Bonchev–Trinajstić information content (AvgIpc) is 3.51. The van der Waals surface area contributed by atoms with Crippen LogP contribution in [0.4, 0.5) is 0 Å². The van der Waals surface area contributed by atoms with E-state index in [0.29, 0.717) is 53.4 Å². The number of amidine groups is 1. The number of nitriles is 1. The SMILES string of the molecule is C=NC(=N/C=C(\C)OCCN)c1ccc(C#N)cc1Oc1cc(C2CC2)nn1C. The minimum Gasteiger partial charge on any atom is -0.495 e. The molecule has 1 aliphatic carbocycles. The Hall–Kier alpha value is -3.44. The predicted molar refractivity (Wildman–Crippen MR) is 111 cm³/mol. The lowest BCUT2D eigenvalue weighted by atomic mass is 10.1. The molecular formula is C21H24N6O2. The summed E-state index contributed by atoms with van der Waals surface area (Å²) >= 11 is 0. The van der Waals surface area contributed by atoms with Gasteiger partial charge >= 0.3 is 0 Å². The van der Waals surface area contributed by atoms with Gasteiger partial charge in [0.15, 0.2) is 5.84 Å². The summed E-state index contributed by atoms with van der Waals surface area (Å²) in [6.45, 7) is 6.22. The first-order chi connectivity index (χ1) is 14.0. The minimum absolute atomic E-state index is 0.352. The molecule has 8 nitrogen and oxygen atoms in total. The Kier molecular flexibility index (Phi) is 6.42. The first-order valence-corrected chi connectivity index (χ1v) is 9.36. The molecule has 0 unspecified atom stereocenters. The lowest BCUT2D eigenvalue weighted by Gasteiger charge is -2.11. The molecule has 0 atom stereocenters. The van der Waals surface area contributed by atoms with E-state index in [2.05, 4.69) is 27.9 Å². The predicted octanol–water partition coefficient (Wildman–Crippen LogP) is 3.25. The number of hydrogen-bond acceptors (Lipinski definition) is 6. The smallest absolute Gasteiger partial charge is 0.217 e. The van der Waals surface area contributed by atoms with Crippen LogP contribution >= 0.6 is 0 Å². The lowest BCUT2D eigenvalue weighted by Crippen LogP contribution is -2.07. The van der Waals surface area contributed by atoms with E-state index in [1.165, 1.54) is 0 Å². The highest BCUT2D eigenvalue weighted by molar-refractivity contribution is 6.04. The van der Waals surface area contributed by atoms with E-state index in [9.17, 15) is 5.26 Å². The van der Waals surface area contributed by atoms with E-state index in [1.807, 2.05) is 13.1 Å². The molecule has 1 fully saturated rings. The number of rotatable bonds is 8. The van der Waals surface area contributed by atoms with E-state index < -0.39 is 0 Å². The number of ether oxygens (including phenoxy) is 2. The molecule has 1 saturated carbocycles. The van der Waals surface area contributed by atoms with Crippen LogP contribution in [0, 0.1) is 11.3 Å². The Bertz CT molecular complexity index is 995. The molecule has 0 saturated heterocycles. The Morgan fingerprint density at radius 3 is 2.90 bits per heavy atom. The molecule has 8 heteroatoms. The fourth-order valence-corrected chi connectivity index (χ4v) is 2.72. The molecule has 0 radical (unpaired) electrons. The van der Waals surface area contributed by atoms with Crippen molar-refractivity contribution in [3.63, 3.8) is 0 Å². The van der Waals surface area contributed by atoms with Crippen LogP contribution in [-0.4, -0.2) is 35.5 Å². The zero-order valence-electron chi connectivity index (χ0n) is 16.6. The molecular weight excluding hydrogens is 368 g/mol. The molecule has 0 spiro atoms. The Morgan fingerprint density at radius 1 is 1.45 bits per heavy atom. The van der Waals surface area contributed by atoms with Gasteiger partial charge in [0.25, 0.3) is 0 Å². The summed E-state index contributed by atoms with van der Waals surface area (Å²) in [5.74, 6) is 2.51. The van der Waals surface area contributed by atoms with Crippen molar-refractivity contribution >= 4 is 12.6 Å². The Balaban J connectivity index is 1.94. The Morgan fingerprint density at radius 2 is 2.24 bits per heavy atom. The van der Waals surface area contributed by atoms with Crippen molar-refractivity contribution in [2.24, 2.45) is 22.8 Å². The molecule has 2 N–H and O–H groups in total. The number of allylic oxidation sites excluding steroid dienone is 1. The summed E-state index contributed by atoms with van der Waals surface area (Å²) in [5.41, 5.74) is 7.54. The van der Waals surface area contributed by atoms with Gasteiger partial charge < -0.3 is 15.2 Å². The second kappa shape index (κ2) is 9.17. The minimum atomic E-state index is 0.352. The zero-order valence-corrected chi connectivity index (χ0v) is 16.6. The van der Waals surface area contributed by atoms with Gasteiger partial charge in [-0.1, -0.05) is 0 Å². The van der Waals surface area contributed by atoms with Crippen LogP contribution in [-0.2, 0) is 11.8 Å². The van der Waals surface area contributed by atoms with Gasteiger partial charge in [-0.15, -0.1) is 0 Å². The number of aromatic nitrogens is 2. The first-order valence-electron chi connectivity index (χ1n) is 9.36. The molecule has 0 bridgehead atoms. The molecule has 1 heterocycles. The summed E-state index contributed by atoms with van der Waals surface area (Å²) < 4.78 is 13.2. The number of benzene rings is 1. The van der Waals surface area contributed by atoms with Crippen LogP contribution in [0.15, 0.2) is 46.2 Å². The maximum absolute atomic E-state index is 9.29. The largest absolute Gasteiger partial charge is 0.495 e. The van der Waals surface area contributed by atoms with E-state index in [0.717, 1.165) is 18.5 Å². The number of nitrogens with two attached hydrogens (primary N) is 1. The van der Waals surface area contributed by atoms with Gasteiger partial charge in [-0.3, -0.25) is 0 Å². The third-order valence-corrected chi connectivity index (χ3v) is 4.38. The van der Waals surface area contributed by atoms with E-state index in [4.69, 9.17) is 15.2 Å². The fraction of sp³-hybridized carbons (Fsp3) is 0.333. The first kappa shape index (κ1) is 20.3. The van der Waals surface area contributed by atoms with Crippen molar-refractivity contribution in [1.29, 1.82) is 5.26 Å². The lowest BCUT2D eigenvalue weighted by molar-refractivity contribution is 0.222. The maximum Gasteiger partial charge on any atom is 0.217 e. The fourth-order valence-electron chi connectivity index (χ4n) is 2.72. The van der Waals surface area contributed by atoms with Gasteiger partial charge in [0.2, 0.25) is 5.88 Å². The maximum atomic E-state index is 9.29. The monoisotopic (exact) mass is 392 g/mol. The van der Waals surface area contributed by atoms with Crippen LogP contribution in [0.5, 0.6) is 11.6 Å². The van der Waals surface area contributed by atoms with Crippen molar-refractivity contribution < 1.29 is 9.47 Å². The van der Waals surface area contributed by atoms with Crippen LogP contribution < -0.4 is 10.5 Å². The van der Waals surface area contributed by atoms with Gasteiger partial charge in [-0.25, -0.2) is 14.7 Å². The number of aryl methyl sites for hydroxylation is 1. The molecule has 0 aliphatic heterocycles. The van der Waals surface area contributed by atoms with Crippen molar-refractivity contribution in [2.75, 3.05) is 13.2 Å². The van der Waals surface area contributed by atoms with Crippen LogP contribution in [0.1, 0.15) is 42.5 Å². The highest BCUT2D eigenvalue weighted by Gasteiger charge is 2.27. The molecule has 29 heavy (non-hydrogen) atoms. The second-order valence-corrected chi connectivity index (χ2v) is 6.72. The highest BCUT2D eigenvalue weighted by atomic mass is 16.5. The van der Waals surface area contributed by atoms with Gasteiger partial charge in [-0.05, 0) is 44.7 Å². The molecule has 3 rings (SSSR count). The van der Waals surface area contributed by atoms with E-state index in [1.54, 1.807) is 36.0 Å². The summed E-state index contributed by atoms with van der Waals surface area (Å²) in [6, 6.07) is 9.14. The number of hydrogen-bond donors (Lipinski definition) is 1. The van der Waals surface area contributed by atoms with E-state index in [-0.39, 0.29) is 0 Å². The topological polar surface area (TPSA) is 111 Å². The molecule has 1 aliphatic rings. The van der Waals surface area contributed by atoms with Crippen molar-refractivity contribution in [2.45, 2.75) is 25.7 Å². The summed E-state index contributed by atoms with van der Waals surface area (Å²) in [6.07, 6.45) is 3.86. The third kappa shape index (κ3) is 5.09. The van der Waals surface area contributed by atoms with Gasteiger partial charge in [-0.2, -0.15) is 10.4 Å². The summed E-state index contributed by atoms with van der Waals surface area (Å²) in [7, 11) is 1.83. The van der Waals surface area contributed by atoms with Crippen molar-refractivity contribution in [3.8, 4) is 17.7 Å². The quantitative estimate of drug-likeness (QED) is 0.421. The number of aliphatic imine (C=N–C) groups is 2. The van der Waals surface area contributed by atoms with Gasteiger partial charge in [0.05, 0.1) is 35.7 Å². The van der Waals surface area contributed by atoms with Crippen LogP contribution in [0.3, 0.4) is 0 Å². The van der Waals surface area contributed by atoms with Crippen LogP contribution in [0.25, 0.3) is 0 Å². The van der Waals surface area contributed by atoms with Crippen molar-refractivity contribution in [1.82, 2.24) is 9.78 Å². The summed E-state index contributed by atoms with van der Waals surface area (Å²) in [5, 5.41) is 13.8. The molecule has 1 aromatic heterocycles. The molecule has 0 amide bonds. The molecule has 150 valence electrons. The highest BCUT2D eigenvalue weighted by Crippen LogP contribution is 2.41. The average molecular weight is 392 g/mol. The molecule has 2 aromatic rings. The molecule has 1 aromatic carbocycles.